The summed E-state index contributed by atoms with van der Waals surface area (Å²) in [4.78, 5) is 15.9. The van der Waals surface area contributed by atoms with Crippen molar-refractivity contribution in [1.82, 2.24) is 10.4 Å². The highest BCUT2D eigenvalue weighted by Crippen LogP contribution is 2.16. The van der Waals surface area contributed by atoms with Gasteiger partial charge in [0.15, 0.2) is 5.13 Å². The monoisotopic (exact) mass is 400 g/mol. The number of ether oxygens (including phenoxy) is 1. The fourth-order valence-corrected chi connectivity index (χ4v) is 2.91. The maximum atomic E-state index is 11.8. The van der Waals surface area contributed by atoms with Gasteiger partial charge in [-0.3, -0.25) is 4.79 Å². The van der Waals surface area contributed by atoms with Gasteiger partial charge in [-0.15, -0.1) is 11.3 Å². The molecule has 8 heteroatoms. The number of nitrogens with two attached hydrogens (primary N) is 1. The minimum absolute atomic E-state index is 0.134. The molecule has 1 heterocycles. The third kappa shape index (κ3) is 6.09. The first kappa shape index (κ1) is 18.9. The summed E-state index contributed by atoms with van der Waals surface area (Å²) >= 11 is 7.17. The topological polar surface area (TPSA) is 89.6 Å². The highest BCUT2D eigenvalue weighted by atomic mass is 35.5. The minimum atomic E-state index is -0.258. The van der Waals surface area contributed by atoms with Crippen LogP contribution in [0.4, 0.5) is 5.13 Å². The van der Waals surface area contributed by atoms with Crippen LogP contribution in [-0.4, -0.2) is 17.1 Å². The SMILES string of the molecule is Nc1nc(CC(=O)N/N=C/c2cccc(OCc3ccc(Cl)cc3)c2)cs1. The molecule has 3 rings (SSSR count). The molecule has 0 atom stereocenters. The van der Waals surface area contributed by atoms with Gasteiger partial charge in [-0.2, -0.15) is 5.10 Å². The number of amides is 1. The smallest absolute Gasteiger partial charge is 0.246 e. The van der Waals surface area contributed by atoms with E-state index < -0.39 is 0 Å². The van der Waals surface area contributed by atoms with E-state index in [1.807, 2.05) is 48.5 Å². The van der Waals surface area contributed by atoms with Gasteiger partial charge >= 0.3 is 0 Å². The Bertz CT molecular complexity index is 941. The van der Waals surface area contributed by atoms with Gasteiger partial charge in [0, 0.05) is 10.4 Å². The lowest BCUT2D eigenvalue weighted by Gasteiger charge is -2.07. The lowest BCUT2D eigenvalue weighted by atomic mass is 10.2. The van der Waals surface area contributed by atoms with Crippen LogP contribution >= 0.6 is 22.9 Å². The Hall–Kier alpha value is -2.90. The Kier molecular flexibility index (Phi) is 6.40. The molecular weight excluding hydrogens is 384 g/mol. The van der Waals surface area contributed by atoms with Gasteiger partial charge < -0.3 is 10.5 Å². The third-order valence-electron chi connectivity index (χ3n) is 3.49. The van der Waals surface area contributed by atoms with Crippen molar-refractivity contribution < 1.29 is 9.53 Å². The van der Waals surface area contributed by atoms with Crippen LogP contribution in [0.15, 0.2) is 59.0 Å². The second-order valence-electron chi connectivity index (χ2n) is 5.63. The van der Waals surface area contributed by atoms with E-state index in [-0.39, 0.29) is 12.3 Å². The van der Waals surface area contributed by atoms with Crippen molar-refractivity contribution in [2.45, 2.75) is 13.0 Å². The van der Waals surface area contributed by atoms with Crippen LogP contribution < -0.4 is 15.9 Å². The van der Waals surface area contributed by atoms with Crippen LogP contribution in [0.5, 0.6) is 5.75 Å². The Morgan fingerprint density at radius 1 is 1.30 bits per heavy atom. The first-order chi connectivity index (χ1) is 13.1. The van der Waals surface area contributed by atoms with E-state index in [0.29, 0.717) is 28.2 Å². The van der Waals surface area contributed by atoms with Gasteiger partial charge in [0.2, 0.25) is 5.91 Å². The molecule has 1 aromatic heterocycles. The van der Waals surface area contributed by atoms with E-state index >= 15 is 0 Å². The maximum absolute atomic E-state index is 11.8. The number of carbonyl (C=O) groups excluding carboxylic acids is 1. The number of nitrogen functional groups attached to an aromatic ring is 1. The number of rotatable bonds is 7. The lowest BCUT2D eigenvalue weighted by Crippen LogP contribution is -2.19. The summed E-state index contributed by atoms with van der Waals surface area (Å²) < 4.78 is 5.77. The molecule has 0 bridgehead atoms. The number of halogens is 1. The number of benzene rings is 2. The zero-order valence-electron chi connectivity index (χ0n) is 14.3. The predicted octanol–water partition coefficient (Wildman–Crippen LogP) is 3.65. The van der Waals surface area contributed by atoms with Crippen molar-refractivity contribution in [1.29, 1.82) is 0 Å². The standard InChI is InChI=1S/C19H17ClN4O2S/c20-15-6-4-13(5-7-15)11-26-17-3-1-2-14(8-17)10-22-24-18(25)9-16-12-27-19(21)23-16/h1-8,10,12H,9,11H2,(H2,21,23)(H,24,25)/b22-10+. The first-order valence-corrected chi connectivity index (χ1v) is 9.33. The van der Waals surface area contributed by atoms with Gasteiger partial charge in [-0.05, 0) is 35.4 Å². The second-order valence-corrected chi connectivity index (χ2v) is 6.96. The Labute approximate surface area is 165 Å². The van der Waals surface area contributed by atoms with Crippen LogP contribution in [0.3, 0.4) is 0 Å². The van der Waals surface area contributed by atoms with E-state index in [0.717, 1.165) is 11.1 Å². The van der Waals surface area contributed by atoms with Gasteiger partial charge in [0.25, 0.3) is 0 Å². The van der Waals surface area contributed by atoms with Crippen LogP contribution in [-0.2, 0) is 17.8 Å². The molecule has 3 aromatic rings. The summed E-state index contributed by atoms with van der Waals surface area (Å²) in [6.45, 7) is 0.436. The molecule has 0 aliphatic heterocycles. The number of nitrogens with one attached hydrogen (secondary N) is 1. The summed E-state index contributed by atoms with van der Waals surface area (Å²) in [6.07, 6.45) is 1.69. The number of thiazole rings is 1. The average molecular weight is 401 g/mol. The molecule has 3 N–H and O–H groups in total. The van der Waals surface area contributed by atoms with Gasteiger partial charge in [0.1, 0.15) is 12.4 Å². The third-order valence-corrected chi connectivity index (χ3v) is 4.47. The summed E-state index contributed by atoms with van der Waals surface area (Å²) in [5.74, 6) is 0.449. The largest absolute Gasteiger partial charge is 0.489 e. The summed E-state index contributed by atoms with van der Waals surface area (Å²) in [7, 11) is 0. The lowest BCUT2D eigenvalue weighted by molar-refractivity contribution is -0.120. The molecule has 0 fully saturated rings. The van der Waals surface area contributed by atoms with E-state index in [2.05, 4.69) is 15.5 Å². The van der Waals surface area contributed by atoms with Crippen LogP contribution in [0, 0.1) is 0 Å². The fourth-order valence-electron chi connectivity index (χ4n) is 2.22. The van der Waals surface area contributed by atoms with Crippen molar-refractivity contribution in [2.24, 2.45) is 5.10 Å². The molecule has 0 aliphatic rings. The summed E-state index contributed by atoms with van der Waals surface area (Å²) in [5, 5.41) is 6.85. The predicted molar refractivity (Wildman–Crippen MR) is 108 cm³/mol. The van der Waals surface area contributed by atoms with Crippen LogP contribution in [0.1, 0.15) is 16.8 Å². The molecule has 27 heavy (non-hydrogen) atoms. The van der Waals surface area contributed by atoms with Crippen molar-refractivity contribution >= 4 is 40.2 Å². The second kappa shape index (κ2) is 9.16. The number of carbonyl (C=O) groups is 1. The number of nitrogens with zero attached hydrogens (tertiary/aromatic N) is 2. The summed E-state index contributed by atoms with van der Waals surface area (Å²) in [5.41, 5.74) is 10.5. The molecule has 0 saturated heterocycles. The van der Waals surface area contributed by atoms with Crippen molar-refractivity contribution in [3.05, 3.63) is 75.8 Å². The number of anilines is 1. The number of hydrogen-bond acceptors (Lipinski definition) is 6. The van der Waals surface area contributed by atoms with Gasteiger partial charge in [-0.1, -0.05) is 35.9 Å². The maximum Gasteiger partial charge on any atom is 0.246 e. The highest BCUT2D eigenvalue weighted by molar-refractivity contribution is 7.13. The van der Waals surface area contributed by atoms with Crippen molar-refractivity contribution in [2.75, 3.05) is 5.73 Å². The Morgan fingerprint density at radius 3 is 2.85 bits per heavy atom. The number of hydrazone groups is 1. The molecule has 1 amide bonds. The van der Waals surface area contributed by atoms with E-state index in [4.69, 9.17) is 22.1 Å². The Morgan fingerprint density at radius 2 is 2.11 bits per heavy atom. The quantitative estimate of drug-likeness (QED) is 0.468. The molecular formula is C19H17ClN4O2S. The molecule has 0 saturated carbocycles. The van der Waals surface area contributed by atoms with Crippen molar-refractivity contribution in [3.8, 4) is 5.75 Å². The summed E-state index contributed by atoms with van der Waals surface area (Å²) in [6, 6.07) is 14.9. The van der Waals surface area contributed by atoms with E-state index in [9.17, 15) is 4.79 Å². The van der Waals surface area contributed by atoms with E-state index in [1.165, 1.54) is 11.3 Å². The van der Waals surface area contributed by atoms with Gasteiger partial charge in [0.05, 0.1) is 18.3 Å². The fraction of sp³-hybridized carbons (Fsp3) is 0.105. The minimum Gasteiger partial charge on any atom is -0.489 e. The number of aromatic nitrogens is 1. The number of hydrogen-bond donors (Lipinski definition) is 2. The molecule has 6 nitrogen and oxygen atoms in total. The molecule has 0 spiro atoms. The average Bonchev–Trinajstić information content (AvgIpc) is 3.06. The molecule has 138 valence electrons. The highest BCUT2D eigenvalue weighted by Gasteiger charge is 2.05. The zero-order chi connectivity index (χ0) is 19.1. The van der Waals surface area contributed by atoms with Crippen LogP contribution in [0.2, 0.25) is 5.02 Å². The Balaban J connectivity index is 1.51. The molecule has 0 aliphatic carbocycles. The van der Waals surface area contributed by atoms with E-state index in [1.54, 1.807) is 11.6 Å². The molecule has 0 unspecified atom stereocenters. The van der Waals surface area contributed by atoms with Crippen molar-refractivity contribution in [3.63, 3.8) is 0 Å². The van der Waals surface area contributed by atoms with Crippen LogP contribution in [0.25, 0.3) is 0 Å². The molecule has 2 aromatic carbocycles. The first-order valence-electron chi connectivity index (χ1n) is 8.07. The zero-order valence-corrected chi connectivity index (χ0v) is 15.8. The van der Waals surface area contributed by atoms with Gasteiger partial charge in [-0.25, -0.2) is 10.4 Å². The normalized spacial score (nSPS) is 10.9. The molecule has 0 radical (unpaired) electrons.